The molecule has 0 spiro atoms. The molecular formula is C14H11NO3. The molecule has 0 aliphatic rings. The van der Waals surface area contributed by atoms with Gasteiger partial charge in [-0.3, -0.25) is 14.9 Å². The molecule has 0 radical (unpaired) electrons. The van der Waals surface area contributed by atoms with E-state index in [4.69, 9.17) is 0 Å². The number of carbonyl (C=O) groups excluding carboxylic acids is 1. The van der Waals surface area contributed by atoms with Gasteiger partial charge >= 0.3 is 0 Å². The first-order valence-corrected chi connectivity index (χ1v) is 5.47. The smallest absolute Gasteiger partial charge is 0.269 e. The zero-order valence-corrected chi connectivity index (χ0v) is 9.58. The Bertz CT molecular complexity index is 593. The van der Waals surface area contributed by atoms with Crippen LogP contribution in [-0.4, -0.2) is 11.2 Å². The van der Waals surface area contributed by atoms with Crippen molar-refractivity contribution in [2.75, 3.05) is 0 Å². The predicted octanol–water partition coefficient (Wildman–Crippen LogP) is 3.00. The number of rotatable bonds is 4. The van der Waals surface area contributed by atoms with E-state index in [-0.39, 0.29) is 5.69 Å². The van der Waals surface area contributed by atoms with Crippen molar-refractivity contribution in [2.24, 2.45) is 0 Å². The Morgan fingerprint density at radius 3 is 2.61 bits per heavy atom. The van der Waals surface area contributed by atoms with Crippen molar-refractivity contribution < 1.29 is 9.72 Å². The van der Waals surface area contributed by atoms with Crippen molar-refractivity contribution in [3.05, 3.63) is 75.3 Å². The first kappa shape index (κ1) is 12.0. The van der Waals surface area contributed by atoms with Crippen molar-refractivity contribution in [1.29, 1.82) is 0 Å². The predicted molar refractivity (Wildman–Crippen MR) is 67.7 cm³/mol. The van der Waals surface area contributed by atoms with Crippen molar-refractivity contribution in [3.63, 3.8) is 0 Å². The Labute approximate surface area is 104 Å². The number of aldehydes is 1. The van der Waals surface area contributed by atoms with E-state index < -0.39 is 4.92 Å². The fourth-order valence-corrected chi connectivity index (χ4v) is 1.81. The van der Waals surface area contributed by atoms with Crippen LogP contribution in [0.15, 0.2) is 48.5 Å². The molecule has 0 atom stereocenters. The third-order valence-corrected chi connectivity index (χ3v) is 2.70. The van der Waals surface area contributed by atoms with Crippen molar-refractivity contribution in [3.8, 4) is 0 Å². The maximum Gasteiger partial charge on any atom is 0.269 e. The maximum atomic E-state index is 10.9. The molecule has 0 fully saturated rings. The lowest BCUT2D eigenvalue weighted by molar-refractivity contribution is -0.384. The number of hydrogen-bond donors (Lipinski definition) is 0. The van der Waals surface area contributed by atoms with Gasteiger partial charge in [0.05, 0.1) is 4.92 Å². The highest BCUT2D eigenvalue weighted by molar-refractivity contribution is 5.77. The second-order valence-corrected chi connectivity index (χ2v) is 3.92. The summed E-state index contributed by atoms with van der Waals surface area (Å²) in [6.45, 7) is 0. The quantitative estimate of drug-likeness (QED) is 0.469. The van der Waals surface area contributed by atoms with E-state index in [2.05, 4.69) is 0 Å². The highest BCUT2D eigenvalue weighted by Crippen LogP contribution is 2.17. The minimum Gasteiger partial charge on any atom is -0.298 e. The Balaban J connectivity index is 2.31. The lowest BCUT2D eigenvalue weighted by Gasteiger charge is -2.04. The maximum absolute atomic E-state index is 10.9. The van der Waals surface area contributed by atoms with Gasteiger partial charge in [0, 0.05) is 17.7 Å². The molecule has 0 aliphatic heterocycles. The largest absolute Gasteiger partial charge is 0.298 e. The Morgan fingerprint density at radius 1 is 1.11 bits per heavy atom. The van der Waals surface area contributed by atoms with Crippen molar-refractivity contribution in [2.45, 2.75) is 6.42 Å². The standard InChI is InChI=1S/C14H11NO3/c16-10-13-6-2-1-5-12(13)8-11-4-3-7-14(9-11)15(17)18/h1-7,9-10H,8H2. The summed E-state index contributed by atoms with van der Waals surface area (Å²) in [6.07, 6.45) is 1.31. The van der Waals surface area contributed by atoms with E-state index >= 15 is 0 Å². The average Bonchev–Trinajstić information content (AvgIpc) is 2.39. The topological polar surface area (TPSA) is 60.2 Å². The molecule has 0 amide bonds. The minimum atomic E-state index is -0.421. The van der Waals surface area contributed by atoms with Crippen LogP contribution in [-0.2, 0) is 6.42 Å². The summed E-state index contributed by atoms with van der Waals surface area (Å²) in [6, 6.07) is 13.7. The monoisotopic (exact) mass is 241 g/mol. The molecule has 0 aliphatic carbocycles. The van der Waals surface area contributed by atoms with E-state index in [1.807, 2.05) is 18.2 Å². The fourth-order valence-electron chi connectivity index (χ4n) is 1.81. The second kappa shape index (κ2) is 5.23. The van der Waals surface area contributed by atoms with Crippen molar-refractivity contribution in [1.82, 2.24) is 0 Å². The van der Waals surface area contributed by atoms with Crippen LogP contribution in [0.4, 0.5) is 5.69 Å². The molecule has 2 aromatic rings. The van der Waals surface area contributed by atoms with Crippen LogP contribution in [0.3, 0.4) is 0 Å². The number of carbonyl (C=O) groups is 1. The second-order valence-electron chi connectivity index (χ2n) is 3.92. The molecule has 0 N–H and O–H groups in total. The lowest BCUT2D eigenvalue weighted by atomic mass is 10.0. The van der Waals surface area contributed by atoms with E-state index in [1.165, 1.54) is 12.1 Å². The molecule has 0 aromatic heterocycles. The van der Waals surface area contributed by atoms with E-state index in [1.54, 1.807) is 18.2 Å². The Hall–Kier alpha value is -2.49. The van der Waals surface area contributed by atoms with E-state index in [0.717, 1.165) is 17.4 Å². The summed E-state index contributed by atoms with van der Waals surface area (Å²) in [7, 11) is 0. The van der Waals surface area contributed by atoms with Gasteiger partial charge in [0.2, 0.25) is 0 Å². The Kier molecular flexibility index (Phi) is 3.48. The molecule has 18 heavy (non-hydrogen) atoms. The summed E-state index contributed by atoms with van der Waals surface area (Å²) in [5, 5.41) is 10.7. The van der Waals surface area contributed by atoms with Gasteiger partial charge in [-0.15, -0.1) is 0 Å². The minimum absolute atomic E-state index is 0.0658. The summed E-state index contributed by atoms with van der Waals surface area (Å²) in [4.78, 5) is 21.1. The molecule has 0 saturated heterocycles. The highest BCUT2D eigenvalue weighted by atomic mass is 16.6. The molecule has 0 heterocycles. The molecule has 2 aromatic carbocycles. The number of benzene rings is 2. The molecule has 0 unspecified atom stereocenters. The van der Waals surface area contributed by atoms with Crippen LogP contribution < -0.4 is 0 Å². The summed E-state index contributed by atoms with van der Waals surface area (Å²) in [5.74, 6) is 0. The van der Waals surface area contributed by atoms with Gasteiger partial charge in [-0.05, 0) is 17.5 Å². The van der Waals surface area contributed by atoms with Crippen LogP contribution in [0.5, 0.6) is 0 Å². The summed E-state index contributed by atoms with van der Waals surface area (Å²) >= 11 is 0. The van der Waals surface area contributed by atoms with Gasteiger partial charge in [0.25, 0.3) is 5.69 Å². The summed E-state index contributed by atoms with van der Waals surface area (Å²) in [5.41, 5.74) is 2.37. The first-order valence-electron chi connectivity index (χ1n) is 5.47. The highest BCUT2D eigenvalue weighted by Gasteiger charge is 2.07. The van der Waals surface area contributed by atoms with Crippen LogP contribution in [0.1, 0.15) is 21.5 Å². The molecular weight excluding hydrogens is 230 g/mol. The SMILES string of the molecule is O=Cc1ccccc1Cc1cccc([N+](=O)[O-])c1. The van der Waals surface area contributed by atoms with Crippen LogP contribution in [0.2, 0.25) is 0 Å². The third kappa shape index (κ3) is 2.60. The zero-order chi connectivity index (χ0) is 13.0. The van der Waals surface area contributed by atoms with Gasteiger partial charge in [-0.25, -0.2) is 0 Å². The third-order valence-electron chi connectivity index (χ3n) is 2.70. The van der Waals surface area contributed by atoms with Gasteiger partial charge in [-0.2, -0.15) is 0 Å². The molecule has 0 saturated carbocycles. The zero-order valence-electron chi connectivity index (χ0n) is 9.58. The van der Waals surface area contributed by atoms with Gasteiger partial charge < -0.3 is 0 Å². The number of hydrogen-bond acceptors (Lipinski definition) is 3. The Morgan fingerprint density at radius 2 is 1.89 bits per heavy atom. The van der Waals surface area contributed by atoms with Crippen LogP contribution in [0.25, 0.3) is 0 Å². The number of non-ortho nitro benzene ring substituents is 1. The van der Waals surface area contributed by atoms with Crippen molar-refractivity contribution >= 4 is 12.0 Å². The van der Waals surface area contributed by atoms with Crippen LogP contribution >= 0.6 is 0 Å². The van der Waals surface area contributed by atoms with Gasteiger partial charge in [-0.1, -0.05) is 36.4 Å². The fraction of sp³-hybridized carbons (Fsp3) is 0.0714. The van der Waals surface area contributed by atoms with Gasteiger partial charge in [0.15, 0.2) is 0 Å². The lowest BCUT2D eigenvalue weighted by Crippen LogP contribution is -1.95. The number of nitro benzene ring substituents is 1. The van der Waals surface area contributed by atoms with Gasteiger partial charge in [0.1, 0.15) is 6.29 Å². The first-order chi connectivity index (χ1) is 8.70. The van der Waals surface area contributed by atoms with E-state index in [9.17, 15) is 14.9 Å². The number of nitro groups is 1. The summed E-state index contributed by atoms with van der Waals surface area (Å²) < 4.78 is 0. The average molecular weight is 241 g/mol. The molecule has 0 bridgehead atoms. The molecule has 4 nitrogen and oxygen atoms in total. The van der Waals surface area contributed by atoms with Crippen LogP contribution in [0, 0.1) is 10.1 Å². The molecule has 4 heteroatoms. The van der Waals surface area contributed by atoms with E-state index in [0.29, 0.717) is 12.0 Å². The number of nitrogens with zero attached hydrogens (tertiary/aromatic N) is 1. The molecule has 90 valence electrons. The molecule has 2 rings (SSSR count). The normalized spacial score (nSPS) is 10.0.